The molecule has 1 heterocycles. The van der Waals surface area contributed by atoms with E-state index in [4.69, 9.17) is 16.3 Å². The Balaban J connectivity index is 1.61. The summed E-state index contributed by atoms with van der Waals surface area (Å²) in [5.74, 6) is 0.377. The van der Waals surface area contributed by atoms with Crippen molar-refractivity contribution in [2.24, 2.45) is 0 Å². The van der Waals surface area contributed by atoms with E-state index in [9.17, 15) is 9.59 Å². The SMILES string of the molecule is CC(NC(=O)CCN1C(=O)COc2ccccc21)c1ccccc1Cl. The van der Waals surface area contributed by atoms with Crippen LogP contribution in [-0.2, 0) is 9.59 Å². The van der Waals surface area contributed by atoms with Crippen molar-refractivity contribution in [2.45, 2.75) is 19.4 Å². The van der Waals surface area contributed by atoms with E-state index in [-0.39, 0.29) is 30.9 Å². The summed E-state index contributed by atoms with van der Waals surface area (Å²) in [5.41, 5.74) is 1.57. The number of hydrogen-bond acceptors (Lipinski definition) is 3. The van der Waals surface area contributed by atoms with Crippen LogP contribution in [0, 0.1) is 0 Å². The predicted molar refractivity (Wildman–Crippen MR) is 96.9 cm³/mol. The number of anilines is 1. The van der Waals surface area contributed by atoms with Gasteiger partial charge in [0.2, 0.25) is 5.91 Å². The van der Waals surface area contributed by atoms with Crippen LogP contribution in [-0.4, -0.2) is 25.0 Å². The first-order valence-electron chi connectivity index (χ1n) is 8.12. The molecule has 3 rings (SSSR count). The lowest BCUT2D eigenvalue weighted by Crippen LogP contribution is -2.41. The van der Waals surface area contributed by atoms with Crippen molar-refractivity contribution in [3.05, 3.63) is 59.1 Å². The number of nitrogens with zero attached hydrogens (tertiary/aromatic N) is 1. The highest BCUT2D eigenvalue weighted by molar-refractivity contribution is 6.31. The van der Waals surface area contributed by atoms with Crippen LogP contribution in [0.5, 0.6) is 5.75 Å². The Morgan fingerprint density at radius 3 is 2.76 bits per heavy atom. The summed E-state index contributed by atoms with van der Waals surface area (Å²) in [7, 11) is 0. The smallest absolute Gasteiger partial charge is 0.265 e. The number of carbonyl (C=O) groups excluding carboxylic acids is 2. The number of fused-ring (bicyclic) bond motifs is 1. The average molecular weight is 359 g/mol. The molecule has 2 aromatic rings. The van der Waals surface area contributed by atoms with E-state index in [1.165, 1.54) is 0 Å². The third-order valence-electron chi connectivity index (χ3n) is 4.12. The molecule has 2 aromatic carbocycles. The molecule has 0 saturated heterocycles. The van der Waals surface area contributed by atoms with Gasteiger partial charge in [-0.05, 0) is 30.7 Å². The van der Waals surface area contributed by atoms with E-state index in [0.717, 1.165) is 5.56 Å². The van der Waals surface area contributed by atoms with Gasteiger partial charge in [-0.25, -0.2) is 0 Å². The van der Waals surface area contributed by atoms with Gasteiger partial charge in [0.25, 0.3) is 5.91 Å². The molecule has 5 nitrogen and oxygen atoms in total. The zero-order valence-corrected chi connectivity index (χ0v) is 14.6. The molecule has 6 heteroatoms. The number of amides is 2. The van der Waals surface area contributed by atoms with Gasteiger partial charge in [-0.15, -0.1) is 0 Å². The molecule has 1 atom stereocenters. The average Bonchev–Trinajstić information content (AvgIpc) is 2.61. The first-order valence-corrected chi connectivity index (χ1v) is 8.50. The highest BCUT2D eigenvalue weighted by Gasteiger charge is 2.25. The lowest BCUT2D eigenvalue weighted by molar-refractivity contribution is -0.122. The topological polar surface area (TPSA) is 58.6 Å². The summed E-state index contributed by atoms with van der Waals surface area (Å²) in [5, 5.41) is 3.54. The van der Waals surface area contributed by atoms with Crippen LogP contribution in [0.4, 0.5) is 5.69 Å². The lowest BCUT2D eigenvalue weighted by Gasteiger charge is -2.29. The van der Waals surface area contributed by atoms with Crippen molar-refractivity contribution in [1.82, 2.24) is 5.32 Å². The summed E-state index contributed by atoms with van der Waals surface area (Å²) in [6.07, 6.45) is 0.203. The van der Waals surface area contributed by atoms with E-state index in [0.29, 0.717) is 23.0 Å². The molecule has 130 valence electrons. The molecule has 1 unspecified atom stereocenters. The molecule has 0 aliphatic carbocycles. The maximum Gasteiger partial charge on any atom is 0.265 e. The fourth-order valence-electron chi connectivity index (χ4n) is 2.83. The second-order valence-corrected chi connectivity index (χ2v) is 6.27. The Morgan fingerprint density at radius 2 is 1.96 bits per heavy atom. The Kier molecular flexibility index (Phi) is 5.24. The monoisotopic (exact) mass is 358 g/mol. The number of benzene rings is 2. The molecule has 1 N–H and O–H groups in total. The van der Waals surface area contributed by atoms with E-state index in [1.54, 1.807) is 11.0 Å². The van der Waals surface area contributed by atoms with Crippen molar-refractivity contribution in [3.63, 3.8) is 0 Å². The first kappa shape index (κ1) is 17.3. The van der Waals surface area contributed by atoms with Gasteiger partial charge in [0.1, 0.15) is 5.75 Å². The minimum Gasteiger partial charge on any atom is -0.482 e. The number of carbonyl (C=O) groups is 2. The van der Waals surface area contributed by atoms with Crippen molar-refractivity contribution < 1.29 is 14.3 Å². The van der Waals surface area contributed by atoms with Crippen molar-refractivity contribution in [2.75, 3.05) is 18.1 Å². The standard InChI is InChI=1S/C19H19ClN2O3/c1-13(14-6-2-3-7-15(14)20)21-18(23)10-11-22-16-8-4-5-9-17(16)25-12-19(22)24/h2-9,13H,10-12H2,1H3,(H,21,23). The molecule has 2 amide bonds. The zero-order chi connectivity index (χ0) is 17.8. The van der Waals surface area contributed by atoms with Crippen molar-refractivity contribution in [1.29, 1.82) is 0 Å². The molecule has 0 fully saturated rings. The van der Waals surface area contributed by atoms with Gasteiger partial charge in [0.05, 0.1) is 11.7 Å². The van der Waals surface area contributed by atoms with E-state index >= 15 is 0 Å². The molecule has 0 aromatic heterocycles. The number of nitrogens with one attached hydrogen (secondary N) is 1. The number of rotatable bonds is 5. The van der Waals surface area contributed by atoms with E-state index < -0.39 is 0 Å². The van der Waals surface area contributed by atoms with Gasteiger partial charge >= 0.3 is 0 Å². The summed E-state index contributed by atoms with van der Waals surface area (Å²) < 4.78 is 5.40. The maximum absolute atomic E-state index is 12.3. The Morgan fingerprint density at radius 1 is 1.24 bits per heavy atom. The van der Waals surface area contributed by atoms with Crippen LogP contribution in [0.2, 0.25) is 5.02 Å². The molecule has 0 bridgehead atoms. The minimum absolute atomic E-state index is 0.00530. The molecular weight excluding hydrogens is 340 g/mol. The summed E-state index contributed by atoms with van der Waals surface area (Å²) in [4.78, 5) is 26.0. The van der Waals surface area contributed by atoms with Gasteiger partial charge in [-0.1, -0.05) is 41.9 Å². The molecule has 0 radical (unpaired) electrons. The quantitative estimate of drug-likeness (QED) is 0.891. The van der Waals surface area contributed by atoms with Gasteiger partial charge in [-0.2, -0.15) is 0 Å². The third-order valence-corrected chi connectivity index (χ3v) is 4.46. The highest BCUT2D eigenvalue weighted by Crippen LogP contribution is 2.31. The number of para-hydroxylation sites is 2. The van der Waals surface area contributed by atoms with Gasteiger partial charge in [0.15, 0.2) is 6.61 Å². The van der Waals surface area contributed by atoms with Crippen molar-refractivity contribution >= 4 is 29.1 Å². The summed E-state index contributed by atoms with van der Waals surface area (Å²) in [6, 6.07) is 14.5. The highest BCUT2D eigenvalue weighted by atomic mass is 35.5. The molecular formula is C19H19ClN2O3. The maximum atomic E-state index is 12.3. The number of halogens is 1. The largest absolute Gasteiger partial charge is 0.482 e. The van der Waals surface area contributed by atoms with Crippen LogP contribution in [0.15, 0.2) is 48.5 Å². The van der Waals surface area contributed by atoms with E-state index in [2.05, 4.69) is 5.32 Å². The van der Waals surface area contributed by atoms with Crippen LogP contribution in [0.25, 0.3) is 0 Å². The molecule has 1 aliphatic rings. The Labute approximate surface area is 151 Å². The minimum atomic E-state index is -0.200. The second-order valence-electron chi connectivity index (χ2n) is 5.86. The second kappa shape index (κ2) is 7.57. The molecule has 0 saturated carbocycles. The fraction of sp³-hybridized carbons (Fsp3) is 0.263. The Hall–Kier alpha value is -2.53. The molecule has 25 heavy (non-hydrogen) atoms. The normalized spacial score (nSPS) is 14.5. The number of ether oxygens (including phenoxy) is 1. The third kappa shape index (κ3) is 3.94. The molecule has 0 spiro atoms. The zero-order valence-electron chi connectivity index (χ0n) is 13.9. The van der Waals surface area contributed by atoms with Crippen LogP contribution in [0.1, 0.15) is 24.9 Å². The van der Waals surface area contributed by atoms with Crippen LogP contribution >= 0.6 is 11.6 Å². The lowest BCUT2D eigenvalue weighted by atomic mass is 10.1. The van der Waals surface area contributed by atoms with Gasteiger partial charge in [0, 0.05) is 18.0 Å². The van der Waals surface area contributed by atoms with Crippen LogP contribution < -0.4 is 15.0 Å². The summed E-state index contributed by atoms with van der Waals surface area (Å²) >= 11 is 6.16. The van der Waals surface area contributed by atoms with E-state index in [1.807, 2.05) is 49.4 Å². The fourth-order valence-corrected chi connectivity index (χ4v) is 3.13. The van der Waals surface area contributed by atoms with Crippen LogP contribution in [0.3, 0.4) is 0 Å². The van der Waals surface area contributed by atoms with Gasteiger partial charge in [-0.3, -0.25) is 9.59 Å². The van der Waals surface area contributed by atoms with Crippen molar-refractivity contribution in [3.8, 4) is 5.75 Å². The van der Waals surface area contributed by atoms with Gasteiger partial charge < -0.3 is 15.0 Å². The summed E-state index contributed by atoms with van der Waals surface area (Å²) in [6.45, 7) is 2.18. The Bertz CT molecular complexity index is 794. The predicted octanol–water partition coefficient (Wildman–Crippen LogP) is 3.33. The number of hydrogen-bond donors (Lipinski definition) is 1. The first-order chi connectivity index (χ1) is 12.1. The molecule has 1 aliphatic heterocycles.